The first-order valence-corrected chi connectivity index (χ1v) is 6.74. The molecule has 1 saturated heterocycles. The molecule has 0 aliphatic carbocycles. The van der Waals surface area contributed by atoms with Gasteiger partial charge in [0.25, 0.3) is 11.8 Å². The van der Waals surface area contributed by atoms with E-state index in [2.05, 4.69) is 0 Å². The number of hydrogen-bond acceptors (Lipinski definition) is 4. The third-order valence-corrected chi connectivity index (χ3v) is 3.19. The van der Waals surface area contributed by atoms with Gasteiger partial charge in [-0.1, -0.05) is 0 Å². The van der Waals surface area contributed by atoms with E-state index < -0.39 is 11.9 Å². The Bertz CT molecular complexity index is 556. The van der Waals surface area contributed by atoms with Gasteiger partial charge >= 0.3 is 0 Å². The van der Waals surface area contributed by atoms with E-state index in [0.717, 1.165) is 4.90 Å². The van der Waals surface area contributed by atoms with Crippen LogP contribution >= 0.6 is 0 Å². The van der Waals surface area contributed by atoms with Gasteiger partial charge in [-0.2, -0.15) is 0 Å². The van der Waals surface area contributed by atoms with E-state index in [4.69, 9.17) is 10.5 Å². The van der Waals surface area contributed by atoms with E-state index in [1.54, 1.807) is 24.3 Å². The average Bonchev–Trinajstić information content (AvgIpc) is 2.73. The van der Waals surface area contributed by atoms with E-state index in [0.29, 0.717) is 18.0 Å². The molecule has 0 unspecified atom stereocenters. The molecular weight excluding hydrogens is 274 g/mol. The van der Waals surface area contributed by atoms with Gasteiger partial charge in [0.1, 0.15) is 5.75 Å². The first kappa shape index (κ1) is 15.0. The largest absolute Gasteiger partial charge is 0.494 e. The summed E-state index contributed by atoms with van der Waals surface area (Å²) in [7, 11) is 0. The molecule has 7 nitrogen and oxygen atoms in total. The number of anilines is 1. The zero-order chi connectivity index (χ0) is 15.4. The maximum Gasteiger partial charge on any atom is 0.292 e. The quantitative estimate of drug-likeness (QED) is 0.640. The standard InChI is InChI=1S/C14H17N3O4/c1-2-21-10-5-3-9(4-6-10)17-13(19)7-11(14(17)20)16-8-12(15)18/h3-6,11,16H,2,7-8H2,1H3,(H2,15,18)/p+1/t11-/m1/s1. The highest BCUT2D eigenvalue weighted by Crippen LogP contribution is 2.24. The zero-order valence-electron chi connectivity index (χ0n) is 11.7. The Morgan fingerprint density at radius 1 is 1.38 bits per heavy atom. The summed E-state index contributed by atoms with van der Waals surface area (Å²) in [6.45, 7) is 2.41. The highest BCUT2D eigenvalue weighted by atomic mass is 16.5. The van der Waals surface area contributed by atoms with Crippen molar-refractivity contribution in [2.24, 2.45) is 5.73 Å². The lowest BCUT2D eigenvalue weighted by atomic mass is 10.2. The number of hydrogen-bond donors (Lipinski definition) is 2. The van der Waals surface area contributed by atoms with E-state index in [1.165, 1.54) is 5.32 Å². The minimum Gasteiger partial charge on any atom is -0.494 e. The predicted molar refractivity (Wildman–Crippen MR) is 74.5 cm³/mol. The Balaban J connectivity index is 2.10. The molecule has 0 aromatic heterocycles. The van der Waals surface area contributed by atoms with E-state index >= 15 is 0 Å². The molecule has 2 rings (SSSR count). The summed E-state index contributed by atoms with van der Waals surface area (Å²) in [5, 5.41) is 1.50. The molecule has 3 amide bonds. The second kappa shape index (κ2) is 6.36. The summed E-state index contributed by atoms with van der Waals surface area (Å²) in [6, 6.07) is 6.16. The number of rotatable bonds is 6. The van der Waals surface area contributed by atoms with Gasteiger partial charge in [-0.25, -0.2) is 4.90 Å². The molecule has 0 bridgehead atoms. The number of ether oxygens (including phenoxy) is 1. The topological polar surface area (TPSA) is 106 Å². The Hall–Kier alpha value is -2.41. The minimum absolute atomic E-state index is 0.0131. The molecule has 7 heteroatoms. The van der Waals surface area contributed by atoms with Crippen LogP contribution in [0.25, 0.3) is 0 Å². The van der Waals surface area contributed by atoms with Crippen LogP contribution in [0.15, 0.2) is 24.3 Å². The Labute approximate surface area is 122 Å². The van der Waals surface area contributed by atoms with Crippen LogP contribution in [-0.2, 0) is 14.4 Å². The molecule has 112 valence electrons. The molecule has 1 aromatic carbocycles. The smallest absolute Gasteiger partial charge is 0.292 e. The van der Waals surface area contributed by atoms with E-state index in [1.807, 2.05) is 6.92 Å². The van der Waals surface area contributed by atoms with E-state index in [9.17, 15) is 14.4 Å². The summed E-state index contributed by atoms with van der Waals surface area (Å²) in [6.07, 6.45) is 0.0688. The molecule has 4 N–H and O–H groups in total. The van der Waals surface area contributed by atoms with Crippen LogP contribution in [0.1, 0.15) is 13.3 Å². The maximum absolute atomic E-state index is 12.2. The summed E-state index contributed by atoms with van der Waals surface area (Å²) >= 11 is 0. The highest BCUT2D eigenvalue weighted by Gasteiger charge is 2.42. The fourth-order valence-electron chi connectivity index (χ4n) is 2.23. The van der Waals surface area contributed by atoms with E-state index in [-0.39, 0.29) is 24.8 Å². The molecule has 1 fully saturated rings. The maximum atomic E-state index is 12.2. The number of amides is 3. The van der Waals surface area contributed by atoms with Crippen LogP contribution in [0.4, 0.5) is 5.69 Å². The van der Waals surface area contributed by atoms with Crippen LogP contribution in [0.3, 0.4) is 0 Å². The van der Waals surface area contributed by atoms with Crippen LogP contribution in [0, 0.1) is 0 Å². The summed E-state index contributed by atoms with van der Waals surface area (Å²) < 4.78 is 5.32. The summed E-state index contributed by atoms with van der Waals surface area (Å²) in [5.74, 6) is -0.452. The molecule has 1 aliphatic rings. The lowest BCUT2D eigenvalue weighted by Crippen LogP contribution is -2.93. The SMILES string of the molecule is CCOc1ccc(N2C(=O)C[C@@H]([NH2+]CC(N)=O)C2=O)cc1. The van der Waals surface area contributed by atoms with Crippen molar-refractivity contribution in [3.8, 4) is 5.75 Å². The lowest BCUT2D eigenvalue weighted by Gasteiger charge is -2.14. The summed E-state index contributed by atoms with van der Waals surface area (Å²) in [5.41, 5.74) is 5.55. The molecule has 0 spiro atoms. The second-order valence-corrected chi connectivity index (χ2v) is 4.71. The normalized spacial score (nSPS) is 18.1. The van der Waals surface area contributed by atoms with Crippen molar-refractivity contribution in [1.82, 2.24) is 0 Å². The fourth-order valence-corrected chi connectivity index (χ4v) is 2.23. The third kappa shape index (κ3) is 3.38. The summed E-state index contributed by atoms with van der Waals surface area (Å²) in [4.78, 5) is 36.1. The van der Waals surface area contributed by atoms with Crippen LogP contribution < -0.4 is 20.7 Å². The average molecular weight is 292 g/mol. The molecule has 1 atom stereocenters. The predicted octanol–water partition coefficient (Wildman–Crippen LogP) is -1.23. The Kier molecular flexibility index (Phi) is 4.54. The number of quaternary nitrogens is 1. The van der Waals surface area contributed by atoms with Gasteiger partial charge in [0.2, 0.25) is 5.91 Å². The number of imide groups is 1. The first-order valence-electron chi connectivity index (χ1n) is 6.74. The van der Waals surface area contributed by atoms with Crippen molar-refractivity contribution in [3.63, 3.8) is 0 Å². The molecular formula is C14H18N3O4+. The molecule has 1 aromatic rings. The van der Waals surface area contributed by atoms with Gasteiger partial charge in [-0.05, 0) is 31.2 Å². The lowest BCUT2D eigenvalue weighted by molar-refractivity contribution is -0.663. The molecule has 1 heterocycles. The van der Waals surface area contributed by atoms with Crippen molar-refractivity contribution in [2.45, 2.75) is 19.4 Å². The first-order chi connectivity index (χ1) is 10.0. The van der Waals surface area contributed by atoms with Gasteiger partial charge in [-0.15, -0.1) is 0 Å². The number of primary amides is 1. The second-order valence-electron chi connectivity index (χ2n) is 4.71. The molecule has 21 heavy (non-hydrogen) atoms. The van der Waals surface area contributed by atoms with Crippen molar-refractivity contribution in [2.75, 3.05) is 18.1 Å². The van der Waals surface area contributed by atoms with Crippen molar-refractivity contribution in [1.29, 1.82) is 0 Å². The molecule has 1 aliphatic heterocycles. The number of carbonyl (C=O) groups is 3. The van der Waals surface area contributed by atoms with Gasteiger partial charge in [0.05, 0.1) is 18.7 Å². The molecule has 0 radical (unpaired) electrons. The monoisotopic (exact) mass is 292 g/mol. The zero-order valence-corrected chi connectivity index (χ0v) is 11.7. The Morgan fingerprint density at radius 3 is 2.62 bits per heavy atom. The van der Waals surface area contributed by atoms with Gasteiger partial charge in [0, 0.05) is 0 Å². The number of benzene rings is 1. The van der Waals surface area contributed by atoms with Gasteiger partial charge in [-0.3, -0.25) is 14.4 Å². The fraction of sp³-hybridized carbons (Fsp3) is 0.357. The number of nitrogens with zero attached hydrogens (tertiary/aromatic N) is 1. The third-order valence-electron chi connectivity index (χ3n) is 3.19. The van der Waals surface area contributed by atoms with Crippen molar-refractivity contribution >= 4 is 23.4 Å². The number of nitrogens with two attached hydrogens (primary N) is 2. The van der Waals surface area contributed by atoms with Crippen LogP contribution in [-0.4, -0.2) is 36.9 Å². The minimum atomic E-state index is -0.587. The van der Waals surface area contributed by atoms with Gasteiger partial charge < -0.3 is 15.8 Å². The van der Waals surface area contributed by atoms with Gasteiger partial charge in [0.15, 0.2) is 12.6 Å². The Morgan fingerprint density at radius 2 is 2.05 bits per heavy atom. The number of carbonyl (C=O) groups excluding carboxylic acids is 3. The van der Waals surface area contributed by atoms with Crippen LogP contribution in [0.2, 0.25) is 0 Å². The van der Waals surface area contributed by atoms with Crippen molar-refractivity contribution < 1.29 is 24.4 Å². The van der Waals surface area contributed by atoms with Crippen LogP contribution in [0.5, 0.6) is 5.75 Å². The highest BCUT2D eigenvalue weighted by molar-refractivity contribution is 6.21. The molecule has 0 saturated carbocycles. The van der Waals surface area contributed by atoms with Crippen molar-refractivity contribution in [3.05, 3.63) is 24.3 Å².